The van der Waals surface area contributed by atoms with E-state index in [9.17, 15) is 14.9 Å². The summed E-state index contributed by atoms with van der Waals surface area (Å²) in [7, 11) is 1.33. The second kappa shape index (κ2) is 3.78. The molecule has 7 heteroatoms. The molecule has 88 valence electrons. The van der Waals surface area contributed by atoms with E-state index >= 15 is 0 Å². The van der Waals surface area contributed by atoms with E-state index in [1.54, 1.807) is 0 Å². The molecule has 0 saturated heterocycles. The first-order chi connectivity index (χ1) is 8.04. The van der Waals surface area contributed by atoms with Crippen LogP contribution in [0.4, 0.5) is 11.4 Å². The van der Waals surface area contributed by atoms with E-state index in [1.165, 1.54) is 13.2 Å². The quantitative estimate of drug-likeness (QED) is 0.621. The maximum absolute atomic E-state index is 11.7. The Morgan fingerprint density at radius 1 is 1.47 bits per heavy atom. The zero-order valence-corrected chi connectivity index (χ0v) is 8.80. The third-order valence-corrected chi connectivity index (χ3v) is 2.28. The number of anilines is 1. The van der Waals surface area contributed by atoms with Crippen molar-refractivity contribution in [2.75, 3.05) is 12.8 Å². The van der Waals surface area contributed by atoms with Gasteiger partial charge in [0.05, 0.1) is 23.5 Å². The Bertz CT molecular complexity index is 662. The van der Waals surface area contributed by atoms with Crippen molar-refractivity contribution in [1.82, 2.24) is 0 Å². The van der Waals surface area contributed by atoms with Gasteiger partial charge < -0.3 is 14.9 Å². The maximum Gasteiger partial charge on any atom is 0.274 e. The molecule has 0 radical (unpaired) electrons. The third-order valence-electron chi connectivity index (χ3n) is 2.28. The van der Waals surface area contributed by atoms with Crippen LogP contribution in [0, 0.1) is 10.1 Å². The number of hydrogen-bond donors (Lipinski definition) is 1. The fourth-order valence-corrected chi connectivity index (χ4v) is 1.47. The summed E-state index contributed by atoms with van der Waals surface area (Å²) < 4.78 is 10.0. The average Bonchev–Trinajstić information content (AvgIpc) is 2.32. The van der Waals surface area contributed by atoms with Crippen LogP contribution in [0.15, 0.2) is 27.6 Å². The van der Waals surface area contributed by atoms with Crippen LogP contribution in [-0.2, 0) is 0 Å². The highest BCUT2D eigenvalue weighted by molar-refractivity contribution is 5.86. The molecular formula is C10H8N2O5. The van der Waals surface area contributed by atoms with Crippen molar-refractivity contribution < 1.29 is 14.1 Å². The molecule has 0 bridgehead atoms. The molecule has 0 aliphatic rings. The summed E-state index contributed by atoms with van der Waals surface area (Å²) in [5.41, 5.74) is 4.63. The molecule has 2 N–H and O–H groups in total. The highest BCUT2D eigenvalue weighted by atomic mass is 16.6. The van der Waals surface area contributed by atoms with Crippen molar-refractivity contribution in [3.05, 3.63) is 38.7 Å². The minimum Gasteiger partial charge on any atom is -0.493 e. The van der Waals surface area contributed by atoms with Crippen LogP contribution in [0.25, 0.3) is 11.0 Å². The van der Waals surface area contributed by atoms with Gasteiger partial charge in [0.2, 0.25) is 5.43 Å². The fourth-order valence-electron chi connectivity index (χ4n) is 1.47. The molecule has 0 spiro atoms. The summed E-state index contributed by atoms with van der Waals surface area (Å²) in [6.45, 7) is 0. The van der Waals surface area contributed by atoms with Crippen LogP contribution in [0.2, 0.25) is 0 Å². The predicted molar refractivity (Wildman–Crippen MR) is 60.1 cm³/mol. The van der Waals surface area contributed by atoms with E-state index < -0.39 is 10.4 Å². The lowest BCUT2D eigenvalue weighted by atomic mass is 10.2. The number of methoxy groups -OCH3 is 1. The van der Waals surface area contributed by atoms with Crippen LogP contribution in [0.3, 0.4) is 0 Å². The predicted octanol–water partition coefficient (Wildman–Crippen LogP) is 1.29. The van der Waals surface area contributed by atoms with Gasteiger partial charge in [0.1, 0.15) is 12.0 Å². The number of benzene rings is 1. The summed E-state index contributed by atoms with van der Waals surface area (Å²) in [6, 6.07) is 2.29. The lowest BCUT2D eigenvalue weighted by Crippen LogP contribution is -2.08. The zero-order valence-electron chi connectivity index (χ0n) is 8.80. The summed E-state index contributed by atoms with van der Waals surface area (Å²) in [5.74, 6) is 0.117. The van der Waals surface area contributed by atoms with E-state index in [4.69, 9.17) is 14.9 Å². The molecule has 17 heavy (non-hydrogen) atoms. The van der Waals surface area contributed by atoms with E-state index in [0.717, 1.165) is 12.3 Å². The van der Waals surface area contributed by atoms with Crippen LogP contribution < -0.4 is 15.9 Å². The molecule has 1 heterocycles. The molecule has 0 fully saturated rings. The standard InChI is InChI=1S/C10H8N2O5/c1-16-8-3-5(12(14)15)2-6-9(13)7(11)4-17-10(6)8/h2-4H,11H2,1H3. The van der Waals surface area contributed by atoms with Gasteiger partial charge in [-0.15, -0.1) is 0 Å². The van der Waals surface area contributed by atoms with E-state index in [1.807, 2.05) is 0 Å². The van der Waals surface area contributed by atoms with E-state index in [-0.39, 0.29) is 28.1 Å². The van der Waals surface area contributed by atoms with Gasteiger partial charge in [0.15, 0.2) is 11.3 Å². The summed E-state index contributed by atoms with van der Waals surface area (Å²) in [6.07, 6.45) is 1.08. The first-order valence-corrected chi connectivity index (χ1v) is 4.58. The summed E-state index contributed by atoms with van der Waals surface area (Å²) >= 11 is 0. The van der Waals surface area contributed by atoms with Gasteiger partial charge in [-0.05, 0) is 0 Å². The molecule has 0 saturated carbocycles. The number of nitro benzene ring substituents is 1. The first-order valence-electron chi connectivity index (χ1n) is 4.58. The van der Waals surface area contributed by atoms with Crippen molar-refractivity contribution in [2.24, 2.45) is 0 Å². The Morgan fingerprint density at radius 3 is 2.76 bits per heavy atom. The van der Waals surface area contributed by atoms with Crippen molar-refractivity contribution in [1.29, 1.82) is 0 Å². The molecule has 0 amide bonds. The Morgan fingerprint density at radius 2 is 2.18 bits per heavy atom. The van der Waals surface area contributed by atoms with Gasteiger partial charge in [-0.2, -0.15) is 0 Å². The van der Waals surface area contributed by atoms with Crippen molar-refractivity contribution >= 4 is 22.3 Å². The monoisotopic (exact) mass is 236 g/mol. The van der Waals surface area contributed by atoms with E-state index in [2.05, 4.69) is 0 Å². The van der Waals surface area contributed by atoms with Crippen molar-refractivity contribution in [3.63, 3.8) is 0 Å². The largest absolute Gasteiger partial charge is 0.493 e. The van der Waals surface area contributed by atoms with Crippen molar-refractivity contribution in [2.45, 2.75) is 0 Å². The third kappa shape index (κ3) is 1.67. The fraction of sp³-hybridized carbons (Fsp3) is 0.100. The number of fused-ring (bicyclic) bond motifs is 1. The van der Waals surface area contributed by atoms with Gasteiger partial charge >= 0.3 is 0 Å². The second-order valence-corrected chi connectivity index (χ2v) is 3.30. The lowest BCUT2D eigenvalue weighted by molar-refractivity contribution is -0.384. The molecule has 0 unspecified atom stereocenters. The van der Waals surface area contributed by atoms with Crippen LogP contribution in [0.5, 0.6) is 5.75 Å². The van der Waals surface area contributed by atoms with Gasteiger partial charge in [0, 0.05) is 6.07 Å². The zero-order chi connectivity index (χ0) is 12.6. The first kappa shape index (κ1) is 10.9. The number of rotatable bonds is 2. The molecule has 0 aliphatic heterocycles. The highest BCUT2D eigenvalue weighted by Crippen LogP contribution is 2.29. The van der Waals surface area contributed by atoms with Gasteiger partial charge in [0.25, 0.3) is 5.69 Å². The molecule has 2 rings (SSSR count). The van der Waals surface area contributed by atoms with E-state index in [0.29, 0.717) is 0 Å². The smallest absolute Gasteiger partial charge is 0.274 e. The lowest BCUT2D eigenvalue weighted by Gasteiger charge is -2.04. The Hall–Kier alpha value is -2.57. The number of non-ortho nitro benzene ring substituents is 1. The molecule has 0 atom stereocenters. The number of nitrogen functional groups attached to an aromatic ring is 1. The Labute approximate surface area is 94.6 Å². The summed E-state index contributed by atoms with van der Waals surface area (Å²) in [4.78, 5) is 21.8. The number of nitrogens with zero attached hydrogens (tertiary/aromatic N) is 1. The minimum absolute atomic E-state index is 0.0241. The Kier molecular flexibility index (Phi) is 2.43. The number of nitrogens with two attached hydrogens (primary N) is 1. The minimum atomic E-state index is -0.620. The molecule has 2 aromatic rings. The number of hydrogen-bond acceptors (Lipinski definition) is 6. The van der Waals surface area contributed by atoms with Crippen molar-refractivity contribution in [3.8, 4) is 5.75 Å². The van der Waals surface area contributed by atoms with Gasteiger partial charge in [-0.1, -0.05) is 0 Å². The molecule has 7 nitrogen and oxygen atoms in total. The molecule has 1 aromatic carbocycles. The topological polar surface area (TPSA) is 109 Å². The van der Waals surface area contributed by atoms with Crippen LogP contribution >= 0.6 is 0 Å². The van der Waals surface area contributed by atoms with Crippen LogP contribution in [0.1, 0.15) is 0 Å². The highest BCUT2D eigenvalue weighted by Gasteiger charge is 2.16. The SMILES string of the molecule is COc1cc([N+](=O)[O-])cc2c(=O)c(N)coc12. The maximum atomic E-state index is 11.7. The molecule has 1 aromatic heterocycles. The number of ether oxygens (including phenoxy) is 1. The average molecular weight is 236 g/mol. The molecular weight excluding hydrogens is 228 g/mol. The van der Waals surface area contributed by atoms with Crippen LogP contribution in [-0.4, -0.2) is 12.0 Å². The number of nitro groups is 1. The Balaban J connectivity index is 2.93. The summed E-state index contributed by atoms with van der Waals surface area (Å²) in [5, 5.41) is 10.7. The van der Waals surface area contributed by atoms with Gasteiger partial charge in [-0.25, -0.2) is 0 Å². The van der Waals surface area contributed by atoms with Gasteiger partial charge in [-0.3, -0.25) is 14.9 Å². The molecule has 0 aliphatic carbocycles. The normalized spacial score (nSPS) is 10.4. The second-order valence-electron chi connectivity index (χ2n) is 3.30.